The second-order valence-electron chi connectivity index (χ2n) is 18.5. The number of rotatable bonds is 6. The number of hydrogen-bond acceptors (Lipinski definition) is 10. The van der Waals surface area contributed by atoms with E-state index >= 15 is 0 Å². The Labute approximate surface area is 394 Å². The highest BCUT2D eigenvalue weighted by atomic mass is 35.5. The van der Waals surface area contributed by atoms with Gasteiger partial charge in [0.05, 0.1) is 64.7 Å². The summed E-state index contributed by atoms with van der Waals surface area (Å²) >= 11 is 5.94. The number of ether oxygens (including phenoxy) is 3. The predicted molar refractivity (Wildman–Crippen MR) is 256 cm³/mol. The number of hydrogen-bond donors (Lipinski definition) is 1. The van der Waals surface area contributed by atoms with Gasteiger partial charge in [-0.2, -0.15) is 0 Å². The molecule has 12 rings (SSSR count). The maximum atomic E-state index is 13.5. The first-order chi connectivity index (χ1) is 32.5. The molecule has 8 heterocycles. The van der Waals surface area contributed by atoms with E-state index in [0.717, 1.165) is 51.4 Å². The van der Waals surface area contributed by atoms with E-state index in [2.05, 4.69) is 34.2 Å². The highest BCUT2D eigenvalue weighted by Crippen LogP contribution is 2.30. The van der Waals surface area contributed by atoms with Crippen LogP contribution in [0.25, 0.3) is 21.8 Å². The molecule has 1 N–H and O–H groups in total. The van der Waals surface area contributed by atoms with E-state index in [4.69, 9.17) is 25.8 Å². The Kier molecular flexibility index (Phi) is 12.7. The number of nitrogens with zero attached hydrogens (tertiary/aromatic N) is 6. The molecule has 350 valence electrons. The number of halogens is 1. The molecule has 4 atom stereocenters. The molecule has 14 nitrogen and oxygen atoms in total. The Bertz CT molecular complexity index is 2930. The summed E-state index contributed by atoms with van der Waals surface area (Å²) in [4.78, 5) is 64.6. The van der Waals surface area contributed by atoms with Crippen LogP contribution in [-0.4, -0.2) is 109 Å². The molecule has 2 aromatic carbocycles. The van der Waals surface area contributed by atoms with E-state index < -0.39 is 0 Å². The average molecular weight is 932 g/mol. The van der Waals surface area contributed by atoms with Crippen LogP contribution in [0.3, 0.4) is 0 Å². The van der Waals surface area contributed by atoms with Crippen molar-refractivity contribution in [3.05, 3.63) is 144 Å². The van der Waals surface area contributed by atoms with Gasteiger partial charge in [-0.05, 0) is 80.7 Å². The van der Waals surface area contributed by atoms with Crippen molar-refractivity contribution < 1.29 is 30.3 Å². The minimum Gasteiger partial charge on any atom is -0.474 e. The van der Waals surface area contributed by atoms with Gasteiger partial charge in [-0.15, -0.1) is 0 Å². The van der Waals surface area contributed by atoms with Crippen molar-refractivity contribution in [3.8, 4) is 5.88 Å². The first-order valence-electron chi connectivity index (χ1n) is 23.6. The fourth-order valence-corrected chi connectivity index (χ4v) is 10.8. The van der Waals surface area contributed by atoms with Crippen molar-refractivity contribution in [1.82, 2.24) is 28.9 Å². The quantitative estimate of drug-likeness (QED) is 0.185. The smallest absolute Gasteiger partial charge is 0.259 e. The Morgan fingerprint density at radius 1 is 0.672 bits per heavy atom. The minimum absolute atomic E-state index is 0. The molecule has 2 aliphatic carbocycles. The first-order valence-corrected chi connectivity index (χ1v) is 24.0. The monoisotopic (exact) mass is 930 g/mol. The summed E-state index contributed by atoms with van der Waals surface area (Å²) in [6.07, 6.45) is 14.1. The summed E-state index contributed by atoms with van der Waals surface area (Å²) in [7, 11) is 0. The van der Waals surface area contributed by atoms with E-state index in [0.29, 0.717) is 67.0 Å². The number of morpholine rings is 2. The molecule has 6 aliphatic rings. The zero-order valence-electron chi connectivity index (χ0n) is 37.8. The van der Waals surface area contributed by atoms with Crippen molar-refractivity contribution >= 4 is 45.2 Å². The highest BCUT2D eigenvalue weighted by Gasteiger charge is 2.38. The minimum atomic E-state index is -0.289. The molecule has 4 aliphatic heterocycles. The lowest BCUT2D eigenvalue weighted by atomic mass is 10.1. The number of aryl methyl sites for hydroxylation is 2. The number of aliphatic hydroxyl groups is 1. The molecule has 67 heavy (non-hydrogen) atoms. The molecule has 0 radical (unpaired) electrons. The topological polar surface area (TPSA) is 158 Å². The van der Waals surface area contributed by atoms with Gasteiger partial charge in [0.2, 0.25) is 16.7 Å². The van der Waals surface area contributed by atoms with E-state index in [-0.39, 0.29) is 77.0 Å². The van der Waals surface area contributed by atoms with Gasteiger partial charge in [-0.25, -0.2) is 9.97 Å². The van der Waals surface area contributed by atoms with Crippen molar-refractivity contribution in [2.75, 3.05) is 26.2 Å². The van der Waals surface area contributed by atoms with E-state index in [9.17, 15) is 24.3 Å². The number of carbonyl (C=O) groups is 2. The lowest BCUT2D eigenvalue weighted by Crippen LogP contribution is -2.47. The van der Waals surface area contributed by atoms with Crippen LogP contribution in [0.5, 0.6) is 5.88 Å². The fourth-order valence-electron chi connectivity index (χ4n) is 10.6. The number of aliphatic hydroxyl groups excluding tert-OH is 1. The molecule has 0 saturated carbocycles. The van der Waals surface area contributed by atoms with Crippen molar-refractivity contribution in [1.29, 1.82) is 0 Å². The van der Waals surface area contributed by atoms with Crippen molar-refractivity contribution in [2.24, 2.45) is 0 Å². The second kappa shape index (κ2) is 19.0. The van der Waals surface area contributed by atoms with Crippen molar-refractivity contribution in [2.45, 2.75) is 115 Å². The maximum Gasteiger partial charge on any atom is 0.259 e. The van der Waals surface area contributed by atoms with Gasteiger partial charge in [-0.1, -0.05) is 60.1 Å². The molecule has 4 saturated heterocycles. The Morgan fingerprint density at radius 3 is 1.54 bits per heavy atom. The van der Waals surface area contributed by atoms with Crippen LogP contribution >= 0.6 is 11.6 Å². The summed E-state index contributed by atoms with van der Waals surface area (Å²) in [6, 6.07) is 19.8. The molecule has 4 unspecified atom stereocenters. The number of likely N-dealkylation sites (tertiary alicyclic amines) is 2. The van der Waals surface area contributed by atoms with E-state index in [1.54, 1.807) is 40.7 Å². The van der Waals surface area contributed by atoms with Gasteiger partial charge >= 0.3 is 0 Å². The van der Waals surface area contributed by atoms with Gasteiger partial charge in [0, 0.05) is 72.0 Å². The van der Waals surface area contributed by atoms with Gasteiger partial charge in [-0.3, -0.25) is 19.2 Å². The summed E-state index contributed by atoms with van der Waals surface area (Å²) in [5, 5.41) is 10.4. The summed E-state index contributed by atoms with van der Waals surface area (Å²) < 4.78 is 21.6. The SMILES string of the molecule is CCn1cc(C(=O)N2CC3CCC(C2)O3)c(=O)c2cc(Cl)ncc21.CCn1cc(C(=O)N2CC3CCC(C2)O3)c(=O)c2cc(OC3Cc4ccccc4C3)ncc21.OC1Cc2ccccc2C1.[3HH]. The number of aromatic nitrogens is 4. The molecular formula is C52H57ClN6O8. The van der Waals surface area contributed by atoms with Crippen LogP contribution in [0.2, 0.25) is 5.15 Å². The first kappa shape index (κ1) is 44.9. The highest BCUT2D eigenvalue weighted by molar-refractivity contribution is 6.30. The number of benzene rings is 2. The van der Waals surface area contributed by atoms with E-state index in [1.165, 1.54) is 28.3 Å². The third kappa shape index (κ3) is 9.24. The third-order valence-corrected chi connectivity index (χ3v) is 14.2. The molecule has 4 bridgehead atoms. The maximum absolute atomic E-state index is 13.5. The van der Waals surface area contributed by atoms with Gasteiger partial charge in [0.1, 0.15) is 22.4 Å². The predicted octanol–water partition coefficient (Wildman–Crippen LogP) is 6.43. The molecule has 15 heteroatoms. The van der Waals surface area contributed by atoms with Crippen molar-refractivity contribution in [3.63, 3.8) is 0 Å². The molecule has 2 amide bonds. The number of pyridine rings is 4. The average Bonchev–Trinajstić information content (AvgIpc) is 4.12. The Balaban J connectivity index is 0.000000144. The molecular weight excluding hydrogens is 872 g/mol. The molecule has 4 fully saturated rings. The standard InChI is InChI=1S/C26H27N3O4.C17H18ClN3O3.C9H10O.H2/c1-2-28-15-22(26(31)29-13-18-7-8-19(14-29)32-18)25(30)21-11-24(27-12-23(21)28)33-20-9-16-5-3-4-6-17(16)10-20;1-2-20-9-13(16(22)12-5-15(18)19-6-14(12)20)17(23)21-7-10-3-4-11(8-21)24-10;10-9-5-7-3-1-2-4-8(7)6-9;/h3-6,11-12,15,18-20H,2,7-10,13-14H2,1H3;5-6,9-11H,2-4,7-8H2,1H3;1-4,9-10H,5-6H2;1H/i;;;1+2. The number of amides is 2. The summed E-state index contributed by atoms with van der Waals surface area (Å²) in [5.74, 6) is -0.0128. The second-order valence-corrected chi connectivity index (χ2v) is 18.8. The summed E-state index contributed by atoms with van der Waals surface area (Å²) in [5.41, 5.74) is 6.46. The summed E-state index contributed by atoms with van der Waals surface area (Å²) in [6.45, 7) is 7.42. The van der Waals surface area contributed by atoms with Crippen LogP contribution in [0.15, 0.2) is 95.0 Å². The van der Waals surface area contributed by atoms with Crippen LogP contribution in [0.4, 0.5) is 0 Å². The number of carbonyl (C=O) groups excluding carboxylic acids is 2. The molecule has 4 aromatic heterocycles. The Hall–Kier alpha value is -5.93. The zero-order chi connectivity index (χ0) is 46.3. The van der Waals surface area contributed by atoms with Gasteiger partial charge < -0.3 is 38.3 Å². The fraction of sp³-hybridized carbons (Fsp3) is 0.423. The van der Waals surface area contributed by atoms with E-state index in [1.807, 2.05) is 47.2 Å². The van der Waals surface area contributed by atoms with Gasteiger partial charge in [0.15, 0.2) is 0 Å². The number of fused-ring (bicyclic) bond motifs is 8. The van der Waals surface area contributed by atoms with Crippen LogP contribution in [0.1, 0.15) is 83.9 Å². The largest absolute Gasteiger partial charge is 0.474 e. The normalized spacial score (nSPS) is 21.7. The Morgan fingerprint density at radius 2 is 1.09 bits per heavy atom. The molecule has 6 aromatic rings. The molecule has 0 spiro atoms. The lowest BCUT2D eigenvalue weighted by Gasteiger charge is -2.32. The van der Waals surface area contributed by atoms with Crippen LogP contribution in [-0.2, 0) is 48.2 Å². The third-order valence-electron chi connectivity index (χ3n) is 14.0. The lowest BCUT2D eigenvalue weighted by molar-refractivity contribution is -0.0304. The van der Waals surface area contributed by atoms with Crippen LogP contribution < -0.4 is 15.6 Å². The zero-order valence-corrected chi connectivity index (χ0v) is 38.6. The van der Waals surface area contributed by atoms with Gasteiger partial charge in [0.25, 0.3) is 11.8 Å². The van der Waals surface area contributed by atoms with Crippen LogP contribution in [0, 0.1) is 0 Å².